The van der Waals surface area contributed by atoms with E-state index in [0.717, 1.165) is 42.2 Å². The molecule has 0 unspecified atom stereocenters. The van der Waals surface area contributed by atoms with Crippen LogP contribution in [0.3, 0.4) is 0 Å². The minimum Gasteiger partial charge on any atom is -0.508 e. The number of nitrogens with one attached hydrogen (secondary N) is 1. The van der Waals surface area contributed by atoms with Gasteiger partial charge >= 0.3 is 0 Å². The van der Waals surface area contributed by atoms with Crippen molar-refractivity contribution in [2.24, 2.45) is 0 Å². The summed E-state index contributed by atoms with van der Waals surface area (Å²) in [5, 5.41) is 12.6. The van der Waals surface area contributed by atoms with E-state index < -0.39 is 0 Å². The van der Waals surface area contributed by atoms with Gasteiger partial charge in [-0.3, -0.25) is 9.69 Å². The van der Waals surface area contributed by atoms with E-state index in [1.807, 2.05) is 28.8 Å². The molecule has 2 N–H and O–H groups in total. The van der Waals surface area contributed by atoms with Crippen LogP contribution in [-0.2, 0) is 6.54 Å². The van der Waals surface area contributed by atoms with Gasteiger partial charge in [-0.2, -0.15) is 0 Å². The normalized spacial score (nSPS) is 15.4. The molecule has 6 nitrogen and oxygen atoms in total. The monoisotopic (exact) mass is 418 g/mol. The predicted octanol–water partition coefficient (Wildman–Crippen LogP) is 4.39. The molecule has 0 atom stereocenters. The van der Waals surface area contributed by atoms with Crippen molar-refractivity contribution in [2.45, 2.75) is 38.6 Å². The molecule has 31 heavy (non-hydrogen) atoms. The minimum atomic E-state index is -0.126. The Labute approximate surface area is 183 Å². The lowest BCUT2D eigenvalue weighted by Gasteiger charge is -2.24. The molecule has 0 radical (unpaired) electrons. The maximum Gasteiger partial charge on any atom is 0.253 e. The molecule has 3 heterocycles. The summed E-state index contributed by atoms with van der Waals surface area (Å²) in [4.78, 5) is 19.9. The van der Waals surface area contributed by atoms with E-state index in [2.05, 4.69) is 16.8 Å². The average molecular weight is 419 g/mol. The lowest BCUT2D eigenvalue weighted by Crippen LogP contribution is -2.28. The number of likely N-dealkylation sites (tertiary alicyclic amines) is 1. The zero-order chi connectivity index (χ0) is 21.6. The summed E-state index contributed by atoms with van der Waals surface area (Å²) >= 11 is 0. The third-order valence-corrected chi connectivity index (χ3v) is 5.85. The second kappa shape index (κ2) is 9.79. The number of fused-ring (bicyclic) bond motifs is 1. The van der Waals surface area contributed by atoms with E-state index in [1.165, 1.54) is 32.1 Å². The van der Waals surface area contributed by atoms with Crippen LogP contribution in [-0.4, -0.2) is 44.9 Å². The number of rotatable bonds is 6. The number of nitrogens with zero attached hydrogens (tertiary/aromatic N) is 3. The van der Waals surface area contributed by atoms with Crippen molar-refractivity contribution >= 4 is 11.6 Å². The SMILES string of the molecule is C=CCNC(=O)c1ccc2nc(-c3ccc(O)cc3)c(CN3CCCCCCC3)n2c1. The van der Waals surface area contributed by atoms with Crippen LogP contribution in [0, 0.1) is 0 Å². The van der Waals surface area contributed by atoms with Crippen LogP contribution in [0.5, 0.6) is 5.75 Å². The first-order valence-electron chi connectivity index (χ1n) is 11.1. The Bertz CT molecular complexity index is 1050. The van der Waals surface area contributed by atoms with E-state index in [0.29, 0.717) is 12.1 Å². The van der Waals surface area contributed by atoms with Crippen LogP contribution >= 0.6 is 0 Å². The predicted molar refractivity (Wildman–Crippen MR) is 123 cm³/mol. The summed E-state index contributed by atoms with van der Waals surface area (Å²) in [7, 11) is 0. The molecule has 1 saturated heterocycles. The van der Waals surface area contributed by atoms with Crippen LogP contribution in [0.25, 0.3) is 16.9 Å². The standard InChI is InChI=1S/C25H30N4O2/c1-2-14-26-25(31)20-10-13-23-27-24(19-8-11-21(30)12-9-19)22(29(23)17-20)18-28-15-6-4-3-5-7-16-28/h2,8-13,17,30H,1,3-7,14-16,18H2,(H,26,31). The summed E-state index contributed by atoms with van der Waals surface area (Å²) in [6, 6.07) is 10.9. The van der Waals surface area contributed by atoms with Crippen LogP contribution < -0.4 is 5.32 Å². The van der Waals surface area contributed by atoms with Gasteiger partial charge in [0.25, 0.3) is 5.91 Å². The first-order valence-corrected chi connectivity index (χ1v) is 11.1. The topological polar surface area (TPSA) is 69.9 Å². The van der Waals surface area contributed by atoms with Crippen LogP contribution in [0.4, 0.5) is 0 Å². The van der Waals surface area contributed by atoms with Crippen molar-refractivity contribution < 1.29 is 9.90 Å². The highest BCUT2D eigenvalue weighted by Gasteiger charge is 2.19. The summed E-state index contributed by atoms with van der Waals surface area (Å²) < 4.78 is 2.05. The molecule has 2 aromatic heterocycles. The molecular weight excluding hydrogens is 388 g/mol. The second-order valence-corrected chi connectivity index (χ2v) is 8.14. The van der Waals surface area contributed by atoms with E-state index in [1.54, 1.807) is 24.3 Å². The zero-order valence-electron chi connectivity index (χ0n) is 17.9. The molecule has 6 heteroatoms. The Kier molecular flexibility index (Phi) is 6.67. The maximum absolute atomic E-state index is 12.5. The van der Waals surface area contributed by atoms with E-state index in [-0.39, 0.29) is 11.7 Å². The summed E-state index contributed by atoms with van der Waals surface area (Å²) in [5.74, 6) is 0.109. The van der Waals surface area contributed by atoms with Crippen LogP contribution in [0.2, 0.25) is 0 Å². The number of benzene rings is 1. The third-order valence-electron chi connectivity index (χ3n) is 5.85. The number of hydrogen-bond acceptors (Lipinski definition) is 4. The van der Waals surface area contributed by atoms with Gasteiger partial charge in [0, 0.05) is 24.8 Å². The van der Waals surface area contributed by atoms with Gasteiger partial charge in [0.05, 0.1) is 17.0 Å². The third kappa shape index (κ3) is 4.97. The molecule has 1 amide bonds. The number of carbonyl (C=O) groups excluding carboxylic acids is 1. The van der Waals surface area contributed by atoms with Gasteiger partial charge in [-0.25, -0.2) is 4.98 Å². The molecule has 4 rings (SSSR count). The number of aromatic nitrogens is 2. The highest BCUT2D eigenvalue weighted by Crippen LogP contribution is 2.28. The number of hydrogen-bond donors (Lipinski definition) is 2. The highest BCUT2D eigenvalue weighted by molar-refractivity contribution is 5.94. The van der Waals surface area contributed by atoms with E-state index >= 15 is 0 Å². The van der Waals surface area contributed by atoms with Crippen molar-refractivity contribution in [3.05, 3.63) is 66.5 Å². The van der Waals surface area contributed by atoms with Crippen LogP contribution in [0.1, 0.15) is 48.2 Å². The molecule has 3 aromatic rings. The van der Waals surface area contributed by atoms with Crippen molar-refractivity contribution in [2.75, 3.05) is 19.6 Å². The number of phenolic OH excluding ortho intramolecular Hbond substituents is 1. The first-order chi connectivity index (χ1) is 15.2. The molecule has 1 aliphatic heterocycles. The lowest BCUT2D eigenvalue weighted by atomic mass is 10.1. The number of imidazole rings is 1. The number of aromatic hydroxyl groups is 1. The average Bonchev–Trinajstić information content (AvgIpc) is 3.11. The fourth-order valence-electron chi connectivity index (χ4n) is 4.18. The Balaban J connectivity index is 1.75. The Morgan fingerprint density at radius 2 is 1.77 bits per heavy atom. The fraction of sp³-hybridized carbons (Fsp3) is 0.360. The van der Waals surface area contributed by atoms with Gasteiger partial charge in [-0.05, 0) is 62.3 Å². The molecule has 162 valence electrons. The van der Waals surface area contributed by atoms with E-state index in [4.69, 9.17) is 4.98 Å². The Morgan fingerprint density at radius 1 is 1.06 bits per heavy atom. The van der Waals surface area contributed by atoms with Gasteiger partial charge in [0.1, 0.15) is 11.4 Å². The Hall–Kier alpha value is -3.12. The largest absolute Gasteiger partial charge is 0.508 e. The molecule has 0 bridgehead atoms. The number of phenols is 1. The van der Waals surface area contributed by atoms with Gasteiger partial charge in [0.15, 0.2) is 0 Å². The highest BCUT2D eigenvalue weighted by atomic mass is 16.3. The van der Waals surface area contributed by atoms with Crippen molar-refractivity contribution in [3.8, 4) is 17.0 Å². The van der Waals surface area contributed by atoms with Crippen molar-refractivity contribution in [3.63, 3.8) is 0 Å². The maximum atomic E-state index is 12.5. The van der Waals surface area contributed by atoms with Crippen LogP contribution in [0.15, 0.2) is 55.3 Å². The molecular formula is C25H30N4O2. The first kappa shape index (κ1) is 21.1. The molecule has 0 saturated carbocycles. The number of carbonyl (C=O) groups is 1. The van der Waals surface area contributed by atoms with Gasteiger partial charge in [0.2, 0.25) is 0 Å². The summed E-state index contributed by atoms with van der Waals surface area (Å²) in [6.07, 6.45) is 9.85. The Morgan fingerprint density at radius 3 is 2.48 bits per heavy atom. The minimum absolute atomic E-state index is 0.126. The molecule has 1 aromatic carbocycles. The smallest absolute Gasteiger partial charge is 0.253 e. The van der Waals surface area contributed by atoms with Gasteiger partial charge < -0.3 is 14.8 Å². The molecule has 1 aliphatic rings. The van der Waals surface area contributed by atoms with Crippen molar-refractivity contribution in [1.82, 2.24) is 19.6 Å². The van der Waals surface area contributed by atoms with Gasteiger partial charge in [-0.1, -0.05) is 25.3 Å². The summed E-state index contributed by atoms with van der Waals surface area (Å²) in [5.41, 5.74) is 4.33. The van der Waals surface area contributed by atoms with E-state index in [9.17, 15) is 9.90 Å². The molecule has 1 fully saturated rings. The summed E-state index contributed by atoms with van der Waals surface area (Å²) in [6.45, 7) is 7.01. The second-order valence-electron chi connectivity index (χ2n) is 8.14. The van der Waals surface area contributed by atoms with Crippen molar-refractivity contribution in [1.29, 1.82) is 0 Å². The quantitative estimate of drug-likeness (QED) is 0.583. The molecule has 0 aliphatic carbocycles. The lowest BCUT2D eigenvalue weighted by molar-refractivity contribution is 0.0957. The zero-order valence-corrected chi connectivity index (χ0v) is 17.9. The number of amides is 1. The molecule has 0 spiro atoms. The van der Waals surface area contributed by atoms with Gasteiger partial charge in [-0.15, -0.1) is 6.58 Å². The fourth-order valence-corrected chi connectivity index (χ4v) is 4.18. The number of pyridine rings is 1.